The largest absolute Gasteiger partial charge is 0.495 e. The summed E-state index contributed by atoms with van der Waals surface area (Å²) in [5, 5.41) is 9.41. The van der Waals surface area contributed by atoms with Crippen LogP contribution in [0, 0.1) is 6.92 Å². The number of carbonyl (C=O) groups excluding carboxylic acids is 1. The van der Waals surface area contributed by atoms with Crippen molar-refractivity contribution >= 4 is 40.6 Å². The lowest BCUT2D eigenvalue weighted by atomic mass is 10.1. The zero-order chi connectivity index (χ0) is 20.8. The standard InChI is InChI=1S/C21H22ClN5O2/c1-4-23-20(28)14-7-5-6-8-16(14)25-19-15(22)12-24-21(27-19)26-17-11-13(2)9-10-18(17)29-3/h5-12H,4H2,1-3H3,(H,23,28)(H2,24,25,26,27). The Morgan fingerprint density at radius 3 is 2.69 bits per heavy atom. The van der Waals surface area contributed by atoms with Crippen molar-refractivity contribution in [2.24, 2.45) is 0 Å². The lowest BCUT2D eigenvalue weighted by molar-refractivity contribution is 0.0956. The lowest BCUT2D eigenvalue weighted by Gasteiger charge is -2.14. The van der Waals surface area contributed by atoms with E-state index in [4.69, 9.17) is 16.3 Å². The molecule has 3 rings (SSSR count). The summed E-state index contributed by atoms with van der Waals surface area (Å²) in [4.78, 5) is 21.0. The third-order valence-corrected chi connectivity index (χ3v) is 4.38. The molecular formula is C21H22ClN5O2. The molecule has 1 amide bonds. The quantitative estimate of drug-likeness (QED) is 0.523. The summed E-state index contributed by atoms with van der Waals surface area (Å²) >= 11 is 6.29. The molecule has 0 spiro atoms. The first-order valence-electron chi connectivity index (χ1n) is 9.10. The Hall–Kier alpha value is -3.32. The van der Waals surface area contributed by atoms with E-state index < -0.39 is 0 Å². The van der Waals surface area contributed by atoms with Crippen LogP contribution in [0.15, 0.2) is 48.7 Å². The number of rotatable bonds is 7. The van der Waals surface area contributed by atoms with Crippen LogP contribution in [0.2, 0.25) is 5.02 Å². The first-order chi connectivity index (χ1) is 14.0. The van der Waals surface area contributed by atoms with E-state index in [1.807, 2.05) is 38.1 Å². The maximum absolute atomic E-state index is 12.3. The first kappa shape index (κ1) is 20.4. The van der Waals surface area contributed by atoms with Crippen LogP contribution >= 0.6 is 11.6 Å². The fraction of sp³-hybridized carbons (Fsp3) is 0.190. The number of halogens is 1. The zero-order valence-electron chi connectivity index (χ0n) is 16.4. The third kappa shape index (κ3) is 4.94. The van der Waals surface area contributed by atoms with Crippen LogP contribution < -0.4 is 20.7 Å². The summed E-state index contributed by atoms with van der Waals surface area (Å²) in [5.74, 6) is 1.22. The van der Waals surface area contributed by atoms with Crippen LogP contribution in [-0.4, -0.2) is 29.5 Å². The molecule has 1 heterocycles. The summed E-state index contributed by atoms with van der Waals surface area (Å²) < 4.78 is 5.38. The Morgan fingerprint density at radius 2 is 1.93 bits per heavy atom. The molecule has 0 aliphatic rings. The molecule has 150 valence electrons. The van der Waals surface area contributed by atoms with Gasteiger partial charge in [0.05, 0.1) is 30.2 Å². The number of nitrogens with zero attached hydrogens (tertiary/aromatic N) is 2. The molecule has 0 bridgehead atoms. The van der Waals surface area contributed by atoms with E-state index in [9.17, 15) is 4.79 Å². The van der Waals surface area contributed by atoms with Gasteiger partial charge in [0.1, 0.15) is 10.8 Å². The number of aromatic nitrogens is 2. The molecule has 0 aliphatic carbocycles. The molecule has 0 radical (unpaired) electrons. The van der Waals surface area contributed by atoms with E-state index in [1.54, 1.807) is 25.3 Å². The SMILES string of the molecule is CCNC(=O)c1ccccc1Nc1nc(Nc2cc(C)ccc2OC)ncc1Cl. The Kier molecular flexibility index (Phi) is 6.51. The van der Waals surface area contributed by atoms with Crippen LogP contribution in [-0.2, 0) is 0 Å². The average molecular weight is 412 g/mol. The highest BCUT2D eigenvalue weighted by atomic mass is 35.5. The van der Waals surface area contributed by atoms with E-state index >= 15 is 0 Å². The highest BCUT2D eigenvalue weighted by Gasteiger charge is 2.13. The van der Waals surface area contributed by atoms with Crippen LogP contribution in [0.25, 0.3) is 0 Å². The molecule has 0 atom stereocenters. The van der Waals surface area contributed by atoms with E-state index in [-0.39, 0.29) is 5.91 Å². The van der Waals surface area contributed by atoms with Gasteiger partial charge < -0.3 is 20.7 Å². The monoisotopic (exact) mass is 411 g/mol. The Bertz CT molecular complexity index is 1030. The maximum atomic E-state index is 12.3. The van der Waals surface area contributed by atoms with Gasteiger partial charge in [-0.3, -0.25) is 4.79 Å². The number of anilines is 4. The molecule has 7 nitrogen and oxygen atoms in total. The van der Waals surface area contributed by atoms with E-state index in [2.05, 4.69) is 25.9 Å². The van der Waals surface area contributed by atoms with Gasteiger partial charge in [-0.05, 0) is 43.7 Å². The highest BCUT2D eigenvalue weighted by Crippen LogP contribution is 2.30. The Morgan fingerprint density at radius 1 is 1.14 bits per heavy atom. The van der Waals surface area contributed by atoms with Gasteiger partial charge in [0.2, 0.25) is 5.95 Å². The van der Waals surface area contributed by atoms with Crippen molar-refractivity contribution in [2.75, 3.05) is 24.3 Å². The number of carbonyl (C=O) groups is 1. The number of hydrogen-bond acceptors (Lipinski definition) is 6. The number of aryl methyl sites for hydroxylation is 1. The van der Waals surface area contributed by atoms with Gasteiger partial charge in [-0.1, -0.05) is 29.8 Å². The van der Waals surface area contributed by atoms with Crippen LogP contribution in [0.1, 0.15) is 22.8 Å². The summed E-state index contributed by atoms with van der Waals surface area (Å²) in [6.07, 6.45) is 1.50. The summed E-state index contributed by atoms with van der Waals surface area (Å²) in [5.41, 5.74) is 2.90. The molecule has 0 unspecified atom stereocenters. The Balaban J connectivity index is 1.90. The second-order valence-corrected chi connectivity index (χ2v) is 6.66. The predicted molar refractivity (Wildman–Crippen MR) is 116 cm³/mol. The minimum Gasteiger partial charge on any atom is -0.495 e. The molecule has 0 fully saturated rings. The maximum Gasteiger partial charge on any atom is 0.253 e. The molecule has 0 aliphatic heterocycles. The van der Waals surface area contributed by atoms with Gasteiger partial charge in [-0.25, -0.2) is 4.98 Å². The van der Waals surface area contributed by atoms with Crippen molar-refractivity contribution in [3.63, 3.8) is 0 Å². The number of amides is 1. The van der Waals surface area contributed by atoms with Gasteiger partial charge in [0.25, 0.3) is 5.91 Å². The molecule has 8 heteroatoms. The van der Waals surface area contributed by atoms with Crippen molar-refractivity contribution in [1.29, 1.82) is 0 Å². The topological polar surface area (TPSA) is 88.2 Å². The molecule has 0 saturated carbocycles. The van der Waals surface area contributed by atoms with Gasteiger partial charge in [0, 0.05) is 6.54 Å². The molecule has 29 heavy (non-hydrogen) atoms. The van der Waals surface area contributed by atoms with Gasteiger partial charge in [0.15, 0.2) is 5.82 Å². The minimum absolute atomic E-state index is 0.177. The number of ether oxygens (including phenoxy) is 1. The smallest absolute Gasteiger partial charge is 0.253 e. The number of methoxy groups -OCH3 is 1. The molecule has 0 saturated heterocycles. The number of benzene rings is 2. The summed E-state index contributed by atoms with van der Waals surface area (Å²) in [7, 11) is 1.60. The fourth-order valence-corrected chi connectivity index (χ4v) is 2.87. The second-order valence-electron chi connectivity index (χ2n) is 6.25. The van der Waals surface area contributed by atoms with Crippen molar-refractivity contribution in [2.45, 2.75) is 13.8 Å². The van der Waals surface area contributed by atoms with Crippen LogP contribution in [0.4, 0.5) is 23.1 Å². The van der Waals surface area contributed by atoms with E-state index in [1.165, 1.54) is 6.20 Å². The minimum atomic E-state index is -0.177. The highest BCUT2D eigenvalue weighted by molar-refractivity contribution is 6.33. The van der Waals surface area contributed by atoms with Gasteiger partial charge >= 0.3 is 0 Å². The van der Waals surface area contributed by atoms with Crippen molar-refractivity contribution < 1.29 is 9.53 Å². The molecular weight excluding hydrogens is 390 g/mol. The van der Waals surface area contributed by atoms with Crippen molar-refractivity contribution in [3.05, 3.63) is 64.8 Å². The molecule has 3 aromatic rings. The molecule has 3 N–H and O–H groups in total. The van der Waals surface area contributed by atoms with Crippen molar-refractivity contribution in [3.8, 4) is 5.75 Å². The number of para-hydroxylation sites is 1. The van der Waals surface area contributed by atoms with Crippen molar-refractivity contribution in [1.82, 2.24) is 15.3 Å². The van der Waals surface area contributed by atoms with Crippen LogP contribution in [0.5, 0.6) is 5.75 Å². The summed E-state index contributed by atoms with van der Waals surface area (Å²) in [6, 6.07) is 12.9. The van der Waals surface area contributed by atoms with E-state index in [0.717, 1.165) is 11.3 Å². The third-order valence-electron chi connectivity index (χ3n) is 4.11. The lowest BCUT2D eigenvalue weighted by Crippen LogP contribution is -2.23. The normalized spacial score (nSPS) is 10.3. The molecule has 2 aromatic carbocycles. The van der Waals surface area contributed by atoms with E-state index in [0.29, 0.717) is 40.3 Å². The zero-order valence-corrected chi connectivity index (χ0v) is 17.2. The van der Waals surface area contributed by atoms with Gasteiger partial charge in [-0.15, -0.1) is 0 Å². The average Bonchev–Trinajstić information content (AvgIpc) is 2.71. The number of nitrogens with one attached hydrogen (secondary N) is 3. The molecule has 1 aromatic heterocycles. The summed E-state index contributed by atoms with van der Waals surface area (Å²) in [6.45, 7) is 4.39. The second kappa shape index (κ2) is 9.25. The van der Waals surface area contributed by atoms with Crippen LogP contribution in [0.3, 0.4) is 0 Å². The Labute approximate surface area is 174 Å². The number of hydrogen-bond donors (Lipinski definition) is 3. The first-order valence-corrected chi connectivity index (χ1v) is 9.48. The van der Waals surface area contributed by atoms with Gasteiger partial charge in [-0.2, -0.15) is 4.98 Å². The fourth-order valence-electron chi connectivity index (χ4n) is 2.73. The predicted octanol–water partition coefficient (Wildman–Crippen LogP) is 4.68.